The van der Waals surface area contributed by atoms with E-state index in [1.54, 1.807) is 0 Å². The third-order valence-corrected chi connectivity index (χ3v) is 4.04. The fourth-order valence-electron chi connectivity index (χ4n) is 2.89. The molecule has 2 atom stereocenters. The molecule has 1 aromatic rings. The van der Waals surface area contributed by atoms with E-state index in [1.807, 2.05) is 0 Å². The molecule has 1 nitrogen and oxygen atoms in total. The molecule has 16 heavy (non-hydrogen) atoms. The van der Waals surface area contributed by atoms with Crippen molar-refractivity contribution in [3.8, 4) is 0 Å². The fourth-order valence-corrected chi connectivity index (χ4v) is 2.89. The van der Waals surface area contributed by atoms with Crippen molar-refractivity contribution in [3.05, 3.63) is 35.4 Å². The Balaban J connectivity index is 2.08. The van der Waals surface area contributed by atoms with Crippen LogP contribution in [-0.4, -0.2) is 10.7 Å². The molecule has 2 unspecified atom stereocenters. The minimum atomic E-state index is -0.438. The molecule has 0 spiro atoms. The van der Waals surface area contributed by atoms with E-state index in [0.29, 0.717) is 0 Å². The molecule has 1 N–H and O–H groups in total. The molecule has 1 saturated carbocycles. The van der Waals surface area contributed by atoms with E-state index in [0.717, 1.165) is 25.2 Å². The van der Waals surface area contributed by atoms with Crippen LogP contribution in [0.15, 0.2) is 24.3 Å². The van der Waals surface area contributed by atoms with Crippen LogP contribution in [0, 0.1) is 12.8 Å². The zero-order valence-electron chi connectivity index (χ0n) is 10.4. The maximum Gasteiger partial charge on any atom is 0.0690 e. The number of benzene rings is 1. The first-order chi connectivity index (χ1) is 7.63. The SMILES string of the molecule is CCC1CCC(O)(Cc2ccccc2C)C1. The summed E-state index contributed by atoms with van der Waals surface area (Å²) < 4.78 is 0. The third-order valence-electron chi connectivity index (χ3n) is 4.04. The van der Waals surface area contributed by atoms with Gasteiger partial charge in [-0.25, -0.2) is 0 Å². The largest absolute Gasteiger partial charge is 0.390 e. The first-order valence-electron chi connectivity index (χ1n) is 6.40. The van der Waals surface area contributed by atoms with E-state index in [1.165, 1.54) is 24.0 Å². The predicted molar refractivity (Wildman–Crippen MR) is 67.5 cm³/mol. The van der Waals surface area contributed by atoms with Gasteiger partial charge in [0.15, 0.2) is 0 Å². The topological polar surface area (TPSA) is 20.2 Å². The maximum atomic E-state index is 10.6. The summed E-state index contributed by atoms with van der Waals surface area (Å²) in [5.41, 5.74) is 2.17. The summed E-state index contributed by atoms with van der Waals surface area (Å²) in [4.78, 5) is 0. The summed E-state index contributed by atoms with van der Waals surface area (Å²) in [6.45, 7) is 4.36. The van der Waals surface area contributed by atoms with Crippen molar-refractivity contribution >= 4 is 0 Å². The van der Waals surface area contributed by atoms with Crippen LogP contribution in [0.1, 0.15) is 43.7 Å². The van der Waals surface area contributed by atoms with Gasteiger partial charge in [-0.1, -0.05) is 37.6 Å². The van der Waals surface area contributed by atoms with E-state index in [9.17, 15) is 5.11 Å². The molecule has 1 aliphatic carbocycles. The van der Waals surface area contributed by atoms with Crippen LogP contribution in [-0.2, 0) is 6.42 Å². The summed E-state index contributed by atoms with van der Waals surface area (Å²) in [7, 11) is 0. The molecule has 1 aromatic carbocycles. The van der Waals surface area contributed by atoms with Gasteiger partial charge in [-0.15, -0.1) is 0 Å². The molecular formula is C15H22O. The second-order valence-electron chi connectivity index (χ2n) is 5.34. The van der Waals surface area contributed by atoms with Gasteiger partial charge < -0.3 is 5.11 Å². The number of rotatable bonds is 3. The lowest BCUT2D eigenvalue weighted by molar-refractivity contribution is 0.0435. The van der Waals surface area contributed by atoms with Gasteiger partial charge >= 0.3 is 0 Å². The minimum Gasteiger partial charge on any atom is -0.390 e. The Morgan fingerprint density at radius 3 is 2.75 bits per heavy atom. The van der Waals surface area contributed by atoms with Crippen LogP contribution in [0.3, 0.4) is 0 Å². The van der Waals surface area contributed by atoms with Crippen LogP contribution in [0.5, 0.6) is 0 Å². The van der Waals surface area contributed by atoms with Gasteiger partial charge in [0.05, 0.1) is 5.60 Å². The minimum absolute atomic E-state index is 0.438. The van der Waals surface area contributed by atoms with Gasteiger partial charge in [0.25, 0.3) is 0 Å². The van der Waals surface area contributed by atoms with E-state index < -0.39 is 5.60 Å². The van der Waals surface area contributed by atoms with Crippen molar-refractivity contribution < 1.29 is 5.11 Å². The average molecular weight is 218 g/mol. The van der Waals surface area contributed by atoms with Gasteiger partial charge in [0.1, 0.15) is 0 Å². The molecule has 1 heteroatoms. The summed E-state index contributed by atoms with van der Waals surface area (Å²) in [5.74, 6) is 0.731. The molecule has 88 valence electrons. The molecule has 0 aliphatic heterocycles. The first-order valence-corrected chi connectivity index (χ1v) is 6.40. The molecule has 0 radical (unpaired) electrons. The molecule has 0 amide bonds. The van der Waals surface area contributed by atoms with Crippen molar-refractivity contribution in [2.24, 2.45) is 5.92 Å². The second kappa shape index (κ2) is 4.58. The van der Waals surface area contributed by atoms with Crippen molar-refractivity contribution in [1.29, 1.82) is 0 Å². The molecule has 0 aromatic heterocycles. The molecule has 2 rings (SSSR count). The lowest BCUT2D eigenvalue weighted by Gasteiger charge is -2.23. The van der Waals surface area contributed by atoms with Crippen molar-refractivity contribution in [1.82, 2.24) is 0 Å². The van der Waals surface area contributed by atoms with E-state index in [-0.39, 0.29) is 0 Å². The van der Waals surface area contributed by atoms with E-state index in [2.05, 4.69) is 38.1 Å². The zero-order chi connectivity index (χ0) is 11.6. The molecule has 1 aliphatic rings. The highest BCUT2D eigenvalue weighted by Crippen LogP contribution is 2.38. The van der Waals surface area contributed by atoms with Gasteiger partial charge in [-0.05, 0) is 43.2 Å². The van der Waals surface area contributed by atoms with Gasteiger partial charge in [-0.2, -0.15) is 0 Å². The highest BCUT2D eigenvalue weighted by atomic mass is 16.3. The van der Waals surface area contributed by atoms with Crippen molar-refractivity contribution in [2.45, 2.75) is 51.6 Å². The molecule has 0 saturated heterocycles. The average Bonchev–Trinajstić information content (AvgIpc) is 2.64. The quantitative estimate of drug-likeness (QED) is 0.823. The smallest absolute Gasteiger partial charge is 0.0690 e. The zero-order valence-corrected chi connectivity index (χ0v) is 10.4. The van der Waals surface area contributed by atoms with Gasteiger partial charge in [0.2, 0.25) is 0 Å². The number of hydrogen-bond donors (Lipinski definition) is 1. The Bertz CT molecular complexity index is 358. The highest BCUT2D eigenvalue weighted by molar-refractivity contribution is 5.27. The maximum absolute atomic E-state index is 10.6. The lowest BCUT2D eigenvalue weighted by Crippen LogP contribution is -2.28. The summed E-state index contributed by atoms with van der Waals surface area (Å²) >= 11 is 0. The summed E-state index contributed by atoms with van der Waals surface area (Å²) in [6.07, 6.45) is 5.18. The molecule has 0 bridgehead atoms. The summed E-state index contributed by atoms with van der Waals surface area (Å²) in [6, 6.07) is 8.40. The Morgan fingerprint density at radius 2 is 2.12 bits per heavy atom. The Kier molecular flexibility index (Phi) is 3.34. The van der Waals surface area contributed by atoms with Crippen molar-refractivity contribution in [3.63, 3.8) is 0 Å². The van der Waals surface area contributed by atoms with Crippen LogP contribution in [0.4, 0.5) is 0 Å². The predicted octanol–water partition coefficient (Wildman–Crippen LogP) is 3.48. The number of aryl methyl sites for hydroxylation is 1. The number of hydrogen-bond acceptors (Lipinski definition) is 1. The van der Waals surface area contributed by atoms with Crippen molar-refractivity contribution in [2.75, 3.05) is 0 Å². The summed E-state index contributed by atoms with van der Waals surface area (Å²) in [5, 5.41) is 10.6. The number of aliphatic hydroxyl groups is 1. The normalized spacial score (nSPS) is 29.6. The fraction of sp³-hybridized carbons (Fsp3) is 0.600. The molecular weight excluding hydrogens is 196 g/mol. The van der Waals surface area contributed by atoms with Gasteiger partial charge in [0, 0.05) is 6.42 Å². The Hall–Kier alpha value is -0.820. The monoisotopic (exact) mass is 218 g/mol. The van der Waals surface area contributed by atoms with E-state index in [4.69, 9.17) is 0 Å². The Morgan fingerprint density at radius 1 is 1.38 bits per heavy atom. The molecule has 1 fully saturated rings. The van der Waals surface area contributed by atoms with Crippen LogP contribution in [0.2, 0.25) is 0 Å². The highest BCUT2D eigenvalue weighted by Gasteiger charge is 2.36. The Labute approximate surface area is 98.5 Å². The van der Waals surface area contributed by atoms with Crippen LogP contribution in [0.25, 0.3) is 0 Å². The first kappa shape index (κ1) is 11.7. The standard InChI is InChI=1S/C15H22O/c1-3-13-8-9-15(16,10-13)11-14-7-5-4-6-12(14)2/h4-7,13,16H,3,8-11H2,1-2H3. The third kappa shape index (κ3) is 2.46. The van der Waals surface area contributed by atoms with Crippen LogP contribution >= 0.6 is 0 Å². The van der Waals surface area contributed by atoms with E-state index >= 15 is 0 Å². The second-order valence-corrected chi connectivity index (χ2v) is 5.34. The van der Waals surface area contributed by atoms with Crippen LogP contribution < -0.4 is 0 Å². The lowest BCUT2D eigenvalue weighted by atomic mass is 9.89. The van der Waals surface area contributed by atoms with Gasteiger partial charge in [-0.3, -0.25) is 0 Å². The molecule has 0 heterocycles.